The Bertz CT molecular complexity index is 478. The van der Waals surface area contributed by atoms with Crippen LogP contribution in [0, 0.1) is 17.0 Å². The largest absolute Gasteiger partial charge is 1.00 e. The van der Waals surface area contributed by atoms with Crippen molar-refractivity contribution in [2.75, 3.05) is 5.32 Å². The topological polar surface area (TPSA) is 94.5 Å². The normalized spacial score (nSPS) is 8.53. The van der Waals surface area contributed by atoms with Gasteiger partial charge in [-0.05, 0) is 19.1 Å². The Hall–Kier alpha value is -0.824. The predicted molar refractivity (Wildman–Crippen MR) is 58.7 cm³/mol. The molecule has 0 aromatic heterocycles. The van der Waals surface area contributed by atoms with Crippen LogP contribution in [0.1, 0.15) is 5.56 Å². The van der Waals surface area contributed by atoms with Crippen LogP contribution in [0.25, 0.3) is 5.41 Å². The van der Waals surface area contributed by atoms with Gasteiger partial charge in [-0.15, -0.1) is 0 Å². The van der Waals surface area contributed by atoms with Gasteiger partial charge in [-0.1, -0.05) is 17.7 Å². The van der Waals surface area contributed by atoms with Crippen molar-refractivity contribution in [2.24, 2.45) is 0 Å². The monoisotopic (exact) mass is 257 g/mol. The number of nitrogens with one attached hydrogen (secondary N) is 1. The number of carbonyl (C=O) groups excluding carboxylic acids is 1. The molecule has 0 aliphatic carbocycles. The zero-order valence-corrected chi connectivity index (χ0v) is 12.6. The van der Waals surface area contributed by atoms with Crippen molar-refractivity contribution < 1.29 is 61.1 Å². The van der Waals surface area contributed by atoms with Crippen LogP contribution in [-0.2, 0) is 4.79 Å². The minimum absolute atomic E-state index is 0. The van der Waals surface area contributed by atoms with Crippen LogP contribution in [-0.4, -0.2) is 16.7 Å². The smallest absolute Gasteiger partial charge is 0.757 e. The molecule has 0 heterocycles. The molecule has 7 heteroatoms. The fourth-order valence-corrected chi connectivity index (χ4v) is 1.00. The number of amides is 1. The van der Waals surface area contributed by atoms with E-state index in [0.29, 0.717) is 5.69 Å². The predicted octanol–water partition coefficient (Wildman–Crippen LogP) is -1.66. The summed E-state index contributed by atoms with van der Waals surface area (Å²) in [4.78, 5) is 20.5. The van der Waals surface area contributed by atoms with E-state index in [9.17, 15) is 14.9 Å². The number of rotatable bonds is 3. The first-order valence-corrected chi connectivity index (χ1v) is 4.34. The van der Waals surface area contributed by atoms with Crippen LogP contribution in [0.15, 0.2) is 30.0 Å². The Balaban J connectivity index is 0.00000256. The van der Waals surface area contributed by atoms with Crippen molar-refractivity contribution in [1.29, 1.82) is 0 Å². The molecule has 0 unspecified atom stereocenters. The second kappa shape index (κ2) is 7.49. The van der Waals surface area contributed by atoms with Gasteiger partial charge in [0.15, 0.2) is 0 Å². The summed E-state index contributed by atoms with van der Waals surface area (Å²) in [5.41, 5.74) is 0.377. The van der Waals surface area contributed by atoms with Gasteiger partial charge in [0.1, 0.15) is 0 Å². The van der Waals surface area contributed by atoms with E-state index in [2.05, 4.69) is 5.32 Å². The van der Waals surface area contributed by atoms with Crippen molar-refractivity contribution in [1.82, 2.24) is 0 Å². The van der Waals surface area contributed by atoms with Crippen molar-refractivity contribution in [2.45, 2.75) is 6.92 Å². The van der Waals surface area contributed by atoms with Gasteiger partial charge in [-0.3, -0.25) is 14.9 Å². The van der Waals surface area contributed by atoms with Crippen LogP contribution < -0.4 is 56.7 Å². The van der Waals surface area contributed by atoms with Crippen LogP contribution in [0.2, 0.25) is 0 Å². The number of hydrogen-bond donors (Lipinski definition) is 1. The summed E-state index contributed by atoms with van der Waals surface area (Å²) >= 11 is 0. The number of anilines is 1. The third kappa shape index (κ3) is 4.91. The minimum atomic E-state index is -1.03. The maximum absolute atomic E-state index is 11.3. The van der Waals surface area contributed by atoms with Crippen LogP contribution >= 0.6 is 0 Å². The molecule has 0 bridgehead atoms. The third-order valence-electron chi connectivity index (χ3n) is 1.81. The van der Waals surface area contributed by atoms with E-state index in [1.54, 1.807) is 24.3 Å². The maximum Gasteiger partial charge on any atom is 1.00 e. The number of carbonyl (C=O) groups is 1. The Morgan fingerprint density at radius 3 is 2.35 bits per heavy atom. The summed E-state index contributed by atoms with van der Waals surface area (Å²) in [5, 5.41) is 21.0. The molecule has 0 aliphatic heterocycles. The van der Waals surface area contributed by atoms with E-state index in [4.69, 9.17) is 5.41 Å². The zero-order chi connectivity index (χ0) is 12.1. The Kier molecular flexibility index (Phi) is 7.13. The van der Waals surface area contributed by atoms with E-state index >= 15 is 0 Å². The van der Waals surface area contributed by atoms with E-state index in [1.165, 1.54) is 5.87 Å². The van der Waals surface area contributed by atoms with Gasteiger partial charge in [0.05, 0.1) is 4.92 Å². The van der Waals surface area contributed by atoms with Crippen molar-refractivity contribution in [3.05, 3.63) is 51.0 Å². The molecule has 0 atom stereocenters. The molecule has 0 fully saturated rings. The minimum Gasteiger partial charge on any atom is -0.757 e. The number of nitrogens with zero attached hydrogens (tertiary/aromatic N) is 2. The molecule has 82 valence electrons. The van der Waals surface area contributed by atoms with Gasteiger partial charge in [0.25, 0.3) is 0 Å². The number of nitro groups is 1. The molecule has 0 aliphatic rings. The Morgan fingerprint density at radius 2 is 1.94 bits per heavy atom. The van der Waals surface area contributed by atoms with Gasteiger partial charge in [0.2, 0.25) is 0 Å². The number of aryl methyl sites for hydroxylation is 1. The van der Waals surface area contributed by atoms with Crippen LogP contribution in [0.4, 0.5) is 5.69 Å². The third-order valence-corrected chi connectivity index (χ3v) is 1.81. The molecule has 6 nitrogen and oxygen atoms in total. The molecule has 17 heavy (non-hydrogen) atoms. The zero-order valence-electron chi connectivity index (χ0n) is 9.43. The van der Waals surface area contributed by atoms with E-state index in [-0.39, 0.29) is 51.4 Å². The Morgan fingerprint density at radius 1 is 1.41 bits per heavy atom. The standard InChI is InChI=1S/C10H8N3O3.K/c1-7-2-4-8(5-3-7)12-10(14)9(6-11)13(15)16;/h2-5H,1H3,(H,12,14);/q-1;+1. The summed E-state index contributed by atoms with van der Waals surface area (Å²) in [7, 11) is 0. The van der Waals surface area contributed by atoms with E-state index in [1.807, 2.05) is 6.92 Å². The summed E-state index contributed by atoms with van der Waals surface area (Å²) in [6, 6.07) is 6.69. The average Bonchev–Trinajstić information content (AvgIpc) is 2.22. The molecule has 1 N–H and O–H groups in total. The second-order valence-electron chi connectivity index (χ2n) is 3.04. The number of hydrogen-bond acceptors (Lipinski definition) is 3. The maximum atomic E-state index is 11.3. The van der Waals surface area contributed by atoms with Crippen LogP contribution in [0.3, 0.4) is 0 Å². The molecule has 1 aromatic carbocycles. The molecule has 0 saturated heterocycles. The molecule has 1 amide bonds. The van der Waals surface area contributed by atoms with Gasteiger partial charge < -0.3 is 10.7 Å². The molecular formula is C10H8KN3O3. The van der Waals surface area contributed by atoms with Gasteiger partial charge in [-0.25, -0.2) is 0 Å². The molecule has 1 aromatic rings. The van der Waals surface area contributed by atoms with Crippen molar-refractivity contribution in [3.8, 4) is 0 Å². The first-order valence-electron chi connectivity index (χ1n) is 4.34. The first-order chi connectivity index (χ1) is 7.54. The van der Waals surface area contributed by atoms with Gasteiger partial charge in [0, 0.05) is 5.69 Å². The van der Waals surface area contributed by atoms with Gasteiger partial charge in [-0.2, -0.15) is 5.87 Å². The fourth-order valence-electron chi connectivity index (χ4n) is 1.00. The summed E-state index contributed by atoms with van der Waals surface area (Å²) in [5.74, 6) is 0.221. The summed E-state index contributed by atoms with van der Waals surface area (Å²) < 4.78 is 0. The summed E-state index contributed by atoms with van der Waals surface area (Å²) in [6.45, 7) is 1.87. The summed E-state index contributed by atoms with van der Waals surface area (Å²) in [6.07, 6.45) is 0. The molecule has 0 radical (unpaired) electrons. The van der Waals surface area contributed by atoms with Crippen molar-refractivity contribution in [3.63, 3.8) is 0 Å². The van der Waals surface area contributed by atoms with E-state index in [0.717, 1.165) is 5.56 Å². The fraction of sp³-hybridized carbons (Fsp3) is 0.100. The van der Waals surface area contributed by atoms with Crippen molar-refractivity contribution >= 4 is 17.5 Å². The molecule has 0 saturated carbocycles. The van der Waals surface area contributed by atoms with E-state index < -0.39 is 16.5 Å². The van der Waals surface area contributed by atoms with Gasteiger partial charge >= 0.3 is 63.0 Å². The first kappa shape index (κ1) is 16.2. The van der Waals surface area contributed by atoms with Crippen LogP contribution in [0.5, 0.6) is 0 Å². The SMILES string of the molecule is Cc1ccc(NC(=O)C(=C=[N-])[N+](=O)[O-])cc1.[K+]. The quantitative estimate of drug-likeness (QED) is 0.231. The molecule has 1 rings (SSSR count). The Labute approximate surface area is 140 Å². The second-order valence-corrected chi connectivity index (χ2v) is 3.04. The molecule has 0 spiro atoms. The average molecular weight is 257 g/mol. The molecular weight excluding hydrogens is 249 g/mol. The number of benzene rings is 1.